The highest BCUT2D eigenvalue weighted by molar-refractivity contribution is 6.06. The molecule has 0 atom stereocenters. The van der Waals surface area contributed by atoms with E-state index in [1.807, 2.05) is 0 Å². The molecule has 0 bridgehead atoms. The smallest absolute Gasteiger partial charge is 0.258 e. The highest BCUT2D eigenvalue weighted by Gasteiger charge is 2.13. The van der Waals surface area contributed by atoms with Gasteiger partial charge in [-0.1, -0.05) is 6.07 Å². The van der Waals surface area contributed by atoms with Crippen LogP contribution in [0, 0.1) is 11.6 Å². The van der Waals surface area contributed by atoms with Crippen molar-refractivity contribution in [2.24, 2.45) is 0 Å². The van der Waals surface area contributed by atoms with Crippen LogP contribution in [-0.4, -0.2) is 16.8 Å². The molecule has 0 fully saturated rings. The van der Waals surface area contributed by atoms with Gasteiger partial charge in [-0.25, -0.2) is 8.78 Å². The number of nitrogens with zero attached hydrogens (tertiary/aromatic N) is 1. The molecule has 130 valence electrons. The summed E-state index contributed by atoms with van der Waals surface area (Å²) in [5, 5.41) is 5.15. The second-order valence-electron chi connectivity index (χ2n) is 5.35. The van der Waals surface area contributed by atoms with E-state index in [1.165, 1.54) is 18.5 Å². The first-order chi connectivity index (χ1) is 12.5. The second kappa shape index (κ2) is 7.52. The lowest BCUT2D eigenvalue weighted by Gasteiger charge is -2.09. The molecule has 1 aromatic heterocycles. The molecule has 0 saturated heterocycles. The van der Waals surface area contributed by atoms with Gasteiger partial charge in [-0.15, -0.1) is 0 Å². The van der Waals surface area contributed by atoms with Crippen LogP contribution in [0.4, 0.5) is 20.2 Å². The second-order valence-corrected chi connectivity index (χ2v) is 5.35. The first-order valence-corrected chi connectivity index (χ1v) is 7.61. The Balaban J connectivity index is 1.74. The zero-order valence-corrected chi connectivity index (χ0v) is 13.4. The summed E-state index contributed by atoms with van der Waals surface area (Å²) in [4.78, 5) is 28.1. The van der Waals surface area contributed by atoms with E-state index < -0.39 is 23.1 Å². The lowest BCUT2D eigenvalue weighted by Crippen LogP contribution is -2.15. The van der Waals surface area contributed by atoms with Gasteiger partial charge in [-0.05, 0) is 48.5 Å². The lowest BCUT2D eigenvalue weighted by atomic mass is 10.2. The first kappa shape index (κ1) is 17.2. The van der Waals surface area contributed by atoms with E-state index in [0.717, 1.165) is 18.2 Å². The Kier molecular flexibility index (Phi) is 4.98. The quantitative estimate of drug-likeness (QED) is 0.748. The van der Waals surface area contributed by atoms with Crippen molar-refractivity contribution in [3.63, 3.8) is 0 Å². The third-order valence-corrected chi connectivity index (χ3v) is 3.49. The van der Waals surface area contributed by atoms with Crippen LogP contribution in [0.2, 0.25) is 0 Å². The van der Waals surface area contributed by atoms with Crippen molar-refractivity contribution < 1.29 is 18.4 Å². The Morgan fingerprint density at radius 3 is 2.15 bits per heavy atom. The van der Waals surface area contributed by atoms with E-state index in [1.54, 1.807) is 30.3 Å². The molecule has 0 aliphatic rings. The maximum absolute atomic E-state index is 13.7. The molecule has 2 aromatic carbocycles. The average molecular weight is 353 g/mol. The summed E-state index contributed by atoms with van der Waals surface area (Å²) in [6.07, 6.45) is 3.00. The Hall–Kier alpha value is -3.61. The number of carbonyl (C=O) groups is 2. The minimum atomic E-state index is -0.828. The normalized spacial score (nSPS) is 10.2. The van der Waals surface area contributed by atoms with Crippen LogP contribution in [0.15, 0.2) is 67.0 Å². The summed E-state index contributed by atoms with van der Waals surface area (Å²) < 4.78 is 26.9. The van der Waals surface area contributed by atoms with Gasteiger partial charge in [0.2, 0.25) is 0 Å². The van der Waals surface area contributed by atoms with Crippen molar-refractivity contribution in [2.45, 2.75) is 0 Å². The minimum absolute atomic E-state index is 0.325. The maximum atomic E-state index is 13.7. The number of aromatic nitrogens is 1. The van der Waals surface area contributed by atoms with E-state index in [2.05, 4.69) is 15.6 Å². The number of pyridine rings is 1. The SMILES string of the molecule is O=C(Nc1cccc(NC(=O)c2cc(F)ccc2F)c1)c1ccncc1. The molecule has 0 spiro atoms. The standard InChI is InChI=1S/C19H13F2N3O2/c20-13-4-5-17(21)16(10-13)19(26)24-15-3-1-2-14(11-15)23-18(25)12-6-8-22-9-7-12/h1-11H,(H,23,25)(H,24,26). The highest BCUT2D eigenvalue weighted by Crippen LogP contribution is 2.18. The lowest BCUT2D eigenvalue weighted by molar-refractivity contribution is 0.101. The number of rotatable bonds is 4. The molecule has 2 N–H and O–H groups in total. The molecule has 1 heterocycles. The molecule has 0 aliphatic heterocycles. The Bertz CT molecular complexity index is 962. The predicted octanol–water partition coefficient (Wildman–Crippen LogP) is 3.86. The van der Waals surface area contributed by atoms with Crippen LogP contribution in [0.25, 0.3) is 0 Å². The molecule has 3 rings (SSSR count). The van der Waals surface area contributed by atoms with Crippen molar-refractivity contribution in [3.05, 3.63) is 89.8 Å². The van der Waals surface area contributed by atoms with Crippen LogP contribution in [0.3, 0.4) is 0 Å². The Morgan fingerprint density at radius 1 is 0.808 bits per heavy atom. The fourth-order valence-corrected chi connectivity index (χ4v) is 2.25. The van der Waals surface area contributed by atoms with Crippen molar-refractivity contribution in [1.82, 2.24) is 4.98 Å². The monoisotopic (exact) mass is 353 g/mol. The zero-order chi connectivity index (χ0) is 18.5. The zero-order valence-electron chi connectivity index (χ0n) is 13.4. The highest BCUT2D eigenvalue weighted by atomic mass is 19.1. The molecule has 0 saturated carbocycles. The number of anilines is 2. The first-order valence-electron chi connectivity index (χ1n) is 7.61. The number of amides is 2. The summed E-state index contributed by atoms with van der Waals surface area (Å²) in [7, 11) is 0. The van der Waals surface area contributed by atoms with Gasteiger partial charge in [0, 0.05) is 29.3 Å². The third-order valence-electron chi connectivity index (χ3n) is 3.49. The van der Waals surface area contributed by atoms with Crippen LogP contribution < -0.4 is 10.6 Å². The van der Waals surface area contributed by atoms with Gasteiger partial charge in [-0.2, -0.15) is 0 Å². The summed E-state index contributed by atoms with van der Waals surface area (Å²) in [5.74, 6) is -2.67. The van der Waals surface area contributed by atoms with Gasteiger partial charge in [0.15, 0.2) is 0 Å². The van der Waals surface area contributed by atoms with Crippen LogP contribution >= 0.6 is 0 Å². The molecule has 0 unspecified atom stereocenters. The average Bonchev–Trinajstić information content (AvgIpc) is 2.64. The summed E-state index contributed by atoms with van der Waals surface area (Å²) in [5.41, 5.74) is 0.781. The maximum Gasteiger partial charge on any atom is 0.258 e. The number of hydrogen-bond acceptors (Lipinski definition) is 3. The molecular formula is C19H13F2N3O2. The van der Waals surface area contributed by atoms with Crippen molar-refractivity contribution in [3.8, 4) is 0 Å². The summed E-state index contributed by atoms with van der Waals surface area (Å²) >= 11 is 0. The van der Waals surface area contributed by atoms with Crippen molar-refractivity contribution in [1.29, 1.82) is 0 Å². The van der Waals surface area contributed by atoms with Gasteiger partial charge in [-0.3, -0.25) is 14.6 Å². The van der Waals surface area contributed by atoms with E-state index in [4.69, 9.17) is 0 Å². The number of nitrogens with one attached hydrogen (secondary N) is 2. The fourth-order valence-electron chi connectivity index (χ4n) is 2.25. The van der Waals surface area contributed by atoms with Crippen LogP contribution in [0.1, 0.15) is 20.7 Å². The fraction of sp³-hybridized carbons (Fsp3) is 0. The van der Waals surface area contributed by atoms with Gasteiger partial charge >= 0.3 is 0 Å². The minimum Gasteiger partial charge on any atom is -0.322 e. The van der Waals surface area contributed by atoms with E-state index in [9.17, 15) is 18.4 Å². The van der Waals surface area contributed by atoms with Crippen molar-refractivity contribution >= 4 is 23.2 Å². The van der Waals surface area contributed by atoms with Crippen molar-refractivity contribution in [2.75, 3.05) is 10.6 Å². The Labute approximate surface area is 147 Å². The van der Waals surface area contributed by atoms with Crippen LogP contribution in [-0.2, 0) is 0 Å². The largest absolute Gasteiger partial charge is 0.322 e. The van der Waals surface area contributed by atoms with E-state index in [-0.39, 0.29) is 5.91 Å². The molecular weight excluding hydrogens is 340 g/mol. The molecule has 0 aliphatic carbocycles. The van der Waals surface area contributed by atoms with Gasteiger partial charge in [0.1, 0.15) is 11.6 Å². The number of carbonyl (C=O) groups excluding carboxylic acids is 2. The molecule has 3 aromatic rings. The molecule has 2 amide bonds. The molecule has 26 heavy (non-hydrogen) atoms. The summed E-state index contributed by atoms with van der Waals surface area (Å²) in [6.45, 7) is 0. The molecule has 7 heteroatoms. The molecule has 0 radical (unpaired) electrons. The summed E-state index contributed by atoms with van der Waals surface area (Å²) in [6, 6.07) is 12.1. The van der Waals surface area contributed by atoms with Gasteiger partial charge in [0.25, 0.3) is 11.8 Å². The number of benzene rings is 2. The number of hydrogen-bond donors (Lipinski definition) is 2. The van der Waals surface area contributed by atoms with Crippen LogP contribution in [0.5, 0.6) is 0 Å². The Morgan fingerprint density at radius 2 is 1.46 bits per heavy atom. The predicted molar refractivity (Wildman–Crippen MR) is 92.9 cm³/mol. The third kappa shape index (κ3) is 4.07. The molecule has 5 nitrogen and oxygen atoms in total. The van der Waals surface area contributed by atoms with Gasteiger partial charge < -0.3 is 10.6 Å². The topological polar surface area (TPSA) is 71.1 Å². The number of halogens is 2. The van der Waals surface area contributed by atoms with E-state index in [0.29, 0.717) is 16.9 Å². The van der Waals surface area contributed by atoms with Gasteiger partial charge in [0.05, 0.1) is 5.56 Å². The van der Waals surface area contributed by atoms with E-state index >= 15 is 0 Å².